The smallest absolute Gasteiger partial charge is 0.241 e. The number of hydrogen-bond acceptors (Lipinski definition) is 4. The summed E-state index contributed by atoms with van der Waals surface area (Å²) >= 11 is 0. The molecule has 0 saturated heterocycles. The summed E-state index contributed by atoms with van der Waals surface area (Å²) in [5, 5.41) is 10.0. The monoisotopic (exact) mass is 298 g/mol. The molecule has 1 fully saturated rings. The largest absolute Gasteiger partial charge is 0.399 e. The Morgan fingerprint density at radius 2 is 1.95 bits per heavy atom. The van der Waals surface area contributed by atoms with Crippen LogP contribution in [0.1, 0.15) is 37.7 Å². The topological polar surface area (TPSA) is 92.4 Å². The predicted molar refractivity (Wildman–Crippen MR) is 78.8 cm³/mol. The van der Waals surface area contributed by atoms with Crippen molar-refractivity contribution in [3.05, 3.63) is 23.8 Å². The molecule has 20 heavy (non-hydrogen) atoms. The van der Waals surface area contributed by atoms with E-state index in [0.717, 1.165) is 19.3 Å². The second-order valence-electron chi connectivity index (χ2n) is 5.46. The average Bonchev–Trinajstić information content (AvgIpc) is 2.57. The maximum Gasteiger partial charge on any atom is 0.241 e. The van der Waals surface area contributed by atoms with Gasteiger partial charge in [-0.3, -0.25) is 0 Å². The third kappa shape index (κ3) is 3.50. The minimum absolute atomic E-state index is 0.189. The lowest BCUT2D eigenvalue weighted by atomic mass is 10.1. The number of aliphatic hydroxyl groups excluding tert-OH is 1. The number of sulfonamides is 1. The van der Waals surface area contributed by atoms with Crippen LogP contribution < -0.4 is 10.5 Å². The van der Waals surface area contributed by atoms with E-state index in [1.54, 1.807) is 19.1 Å². The van der Waals surface area contributed by atoms with E-state index in [9.17, 15) is 13.5 Å². The summed E-state index contributed by atoms with van der Waals surface area (Å²) in [5.74, 6) is 0. The molecular formula is C14H22N2O3S. The lowest BCUT2D eigenvalue weighted by molar-refractivity contribution is 0.130. The van der Waals surface area contributed by atoms with E-state index < -0.39 is 22.2 Å². The molecule has 112 valence electrons. The van der Waals surface area contributed by atoms with Gasteiger partial charge in [-0.1, -0.05) is 25.3 Å². The van der Waals surface area contributed by atoms with E-state index in [0.29, 0.717) is 24.1 Å². The lowest BCUT2D eigenvalue weighted by Gasteiger charge is -2.22. The van der Waals surface area contributed by atoms with Crippen LogP contribution in [0.3, 0.4) is 0 Å². The second-order valence-corrected chi connectivity index (χ2v) is 7.14. The first-order chi connectivity index (χ1) is 9.40. The Balaban J connectivity index is 2.24. The zero-order valence-electron chi connectivity index (χ0n) is 11.7. The molecule has 1 saturated carbocycles. The maximum atomic E-state index is 12.5. The van der Waals surface area contributed by atoms with Crippen LogP contribution in [0.2, 0.25) is 0 Å². The molecule has 0 aliphatic heterocycles. The molecule has 5 nitrogen and oxygen atoms in total. The van der Waals surface area contributed by atoms with E-state index in [2.05, 4.69) is 4.72 Å². The molecule has 0 amide bonds. The molecule has 0 bridgehead atoms. The second kappa shape index (κ2) is 6.11. The van der Waals surface area contributed by atoms with Crippen molar-refractivity contribution in [2.24, 2.45) is 0 Å². The fourth-order valence-electron chi connectivity index (χ4n) is 2.59. The van der Waals surface area contributed by atoms with Gasteiger partial charge in [-0.15, -0.1) is 0 Å². The van der Waals surface area contributed by atoms with Crippen LogP contribution in [0, 0.1) is 6.92 Å². The third-order valence-corrected chi connectivity index (χ3v) is 5.42. The summed E-state index contributed by atoms with van der Waals surface area (Å²) in [7, 11) is -3.65. The average molecular weight is 298 g/mol. The minimum Gasteiger partial charge on any atom is -0.399 e. The van der Waals surface area contributed by atoms with Crippen LogP contribution in [0.5, 0.6) is 0 Å². The number of rotatable bonds is 3. The van der Waals surface area contributed by atoms with Crippen LogP contribution in [0.25, 0.3) is 0 Å². The van der Waals surface area contributed by atoms with E-state index in [1.165, 1.54) is 6.07 Å². The predicted octanol–water partition coefficient (Wildman–Crippen LogP) is 1.55. The van der Waals surface area contributed by atoms with Gasteiger partial charge in [0.05, 0.1) is 11.0 Å². The molecule has 1 aromatic rings. The highest BCUT2D eigenvalue weighted by Crippen LogP contribution is 2.22. The maximum absolute atomic E-state index is 12.5. The van der Waals surface area contributed by atoms with Crippen molar-refractivity contribution in [1.82, 2.24) is 4.72 Å². The summed E-state index contributed by atoms with van der Waals surface area (Å²) in [4.78, 5) is 0.189. The van der Waals surface area contributed by atoms with Crippen molar-refractivity contribution in [3.63, 3.8) is 0 Å². The van der Waals surface area contributed by atoms with Crippen LogP contribution in [0.15, 0.2) is 23.1 Å². The molecule has 1 aliphatic carbocycles. The lowest BCUT2D eigenvalue weighted by Crippen LogP contribution is -2.42. The van der Waals surface area contributed by atoms with Gasteiger partial charge in [0.25, 0.3) is 0 Å². The molecule has 6 heteroatoms. The molecule has 4 N–H and O–H groups in total. The number of benzene rings is 1. The number of aryl methyl sites for hydroxylation is 1. The van der Waals surface area contributed by atoms with Crippen LogP contribution >= 0.6 is 0 Å². The highest BCUT2D eigenvalue weighted by atomic mass is 32.2. The van der Waals surface area contributed by atoms with Crippen molar-refractivity contribution in [2.45, 2.75) is 56.1 Å². The van der Waals surface area contributed by atoms with Gasteiger partial charge < -0.3 is 10.8 Å². The molecule has 0 spiro atoms. The van der Waals surface area contributed by atoms with E-state index in [1.807, 2.05) is 0 Å². The number of anilines is 1. The van der Waals surface area contributed by atoms with E-state index in [-0.39, 0.29) is 4.90 Å². The Labute approximate surface area is 120 Å². The fourth-order valence-corrected chi connectivity index (χ4v) is 4.18. The van der Waals surface area contributed by atoms with Gasteiger partial charge in [-0.05, 0) is 37.5 Å². The Morgan fingerprint density at radius 1 is 1.25 bits per heavy atom. The first-order valence-electron chi connectivity index (χ1n) is 6.96. The fraction of sp³-hybridized carbons (Fsp3) is 0.571. The van der Waals surface area contributed by atoms with Gasteiger partial charge in [-0.25, -0.2) is 13.1 Å². The van der Waals surface area contributed by atoms with Crippen LogP contribution in [0.4, 0.5) is 5.69 Å². The molecule has 1 aliphatic rings. The Morgan fingerprint density at radius 3 is 2.70 bits per heavy atom. The van der Waals surface area contributed by atoms with Crippen molar-refractivity contribution >= 4 is 15.7 Å². The molecule has 0 aromatic heterocycles. The zero-order chi connectivity index (χ0) is 14.8. The summed E-state index contributed by atoms with van der Waals surface area (Å²) in [6, 6.07) is 4.41. The number of nitrogens with two attached hydrogens (primary N) is 1. The standard InChI is InChI=1S/C14H22N2O3S/c1-10-7-8-11(15)9-14(10)20(18,19)16-12-5-3-2-4-6-13(12)17/h7-9,12-13,16-17H,2-6,15H2,1H3. The first-order valence-corrected chi connectivity index (χ1v) is 8.45. The van der Waals surface area contributed by atoms with Crippen LogP contribution in [-0.4, -0.2) is 25.7 Å². The van der Waals surface area contributed by atoms with Crippen molar-refractivity contribution in [1.29, 1.82) is 0 Å². The number of hydrogen-bond donors (Lipinski definition) is 3. The number of nitrogen functional groups attached to an aromatic ring is 1. The third-order valence-electron chi connectivity index (χ3n) is 3.79. The van der Waals surface area contributed by atoms with Gasteiger partial charge in [0.2, 0.25) is 10.0 Å². The Bertz CT molecular complexity index is 572. The molecule has 0 heterocycles. The molecule has 2 unspecified atom stereocenters. The van der Waals surface area contributed by atoms with Crippen molar-refractivity contribution in [3.8, 4) is 0 Å². The summed E-state index contributed by atoms with van der Waals surface area (Å²) < 4.78 is 27.5. The first kappa shape index (κ1) is 15.3. The number of aliphatic hydroxyl groups is 1. The molecule has 2 atom stereocenters. The molecule has 0 radical (unpaired) electrons. The van der Waals surface area contributed by atoms with E-state index in [4.69, 9.17) is 5.73 Å². The summed E-state index contributed by atoms with van der Waals surface area (Å²) in [6.45, 7) is 1.73. The SMILES string of the molecule is Cc1ccc(N)cc1S(=O)(=O)NC1CCCCCC1O. The van der Waals surface area contributed by atoms with Crippen molar-refractivity contribution in [2.75, 3.05) is 5.73 Å². The molecule has 2 rings (SSSR count). The van der Waals surface area contributed by atoms with Gasteiger partial charge in [0.15, 0.2) is 0 Å². The van der Waals surface area contributed by atoms with Gasteiger partial charge in [0.1, 0.15) is 0 Å². The molecule has 1 aromatic carbocycles. The van der Waals surface area contributed by atoms with Crippen molar-refractivity contribution < 1.29 is 13.5 Å². The van der Waals surface area contributed by atoms with E-state index >= 15 is 0 Å². The molecular weight excluding hydrogens is 276 g/mol. The van der Waals surface area contributed by atoms with Gasteiger partial charge in [-0.2, -0.15) is 0 Å². The summed E-state index contributed by atoms with van der Waals surface area (Å²) in [6.07, 6.45) is 3.60. The Hall–Kier alpha value is -1.11. The number of nitrogens with one attached hydrogen (secondary N) is 1. The summed E-state index contributed by atoms with van der Waals surface area (Å²) in [5.41, 5.74) is 6.73. The van der Waals surface area contributed by atoms with Gasteiger partial charge >= 0.3 is 0 Å². The van der Waals surface area contributed by atoms with Crippen LogP contribution in [-0.2, 0) is 10.0 Å². The zero-order valence-corrected chi connectivity index (χ0v) is 12.5. The highest BCUT2D eigenvalue weighted by molar-refractivity contribution is 7.89. The normalized spacial score (nSPS) is 24.3. The minimum atomic E-state index is -3.65. The van der Waals surface area contributed by atoms with Gasteiger partial charge in [0, 0.05) is 11.7 Å². The highest BCUT2D eigenvalue weighted by Gasteiger charge is 2.27. The quantitative estimate of drug-likeness (QED) is 0.583. The Kier molecular flexibility index (Phi) is 4.67.